The Balaban J connectivity index is 1.78. The molecule has 0 unspecified atom stereocenters. The van der Waals surface area contributed by atoms with Crippen molar-refractivity contribution in [3.63, 3.8) is 0 Å². The van der Waals surface area contributed by atoms with Crippen LogP contribution in [-0.4, -0.2) is 29.5 Å². The van der Waals surface area contributed by atoms with Gasteiger partial charge in [-0.3, -0.25) is 15.0 Å². The summed E-state index contributed by atoms with van der Waals surface area (Å²) in [6, 6.07) is 22.7. The smallest absolute Gasteiger partial charge is 0.279 e. The predicted octanol–water partition coefficient (Wildman–Crippen LogP) is 5.19. The average molecular weight is 431 g/mol. The van der Waals surface area contributed by atoms with Gasteiger partial charge in [-0.05, 0) is 62.6 Å². The minimum absolute atomic E-state index is 0.183. The van der Waals surface area contributed by atoms with Gasteiger partial charge in [0.25, 0.3) is 11.8 Å². The molecule has 0 aliphatic heterocycles. The van der Waals surface area contributed by atoms with Gasteiger partial charge in [0.05, 0.1) is 0 Å². The monoisotopic (exact) mass is 430 g/mol. The highest BCUT2D eigenvalue weighted by Gasteiger charge is 2.21. The molecule has 3 rings (SSSR count). The maximum atomic E-state index is 12.9. The largest absolute Gasteiger partial charge is 0.483 e. The van der Waals surface area contributed by atoms with Crippen molar-refractivity contribution in [2.75, 3.05) is 6.61 Å². The number of amides is 2. The molecule has 0 radical (unpaired) electrons. The van der Waals surface area contributed by atoms with Gasteiger partial charge in [0.1, 0.15) is 5.75 Å². The standard InChI is InChI=1S/C27H30N2O3/c1-5-21-11-9-10-14-23(21)24-17-20(4)15-16-25(24)32-18-26(30)29(19(2)3)28-27(31)22-12-7-6-8-13-22/h6-17,19H,5,18H2,1-4H3,(H,28,31). The molecular weight excluding hydrogens is 400 g/mol. The van der Waals surface area contributed by atoms with Crippen molar-refractivity contribution >= 4 is 11.8 Å². The number of hydrazine groups is 1. The lowest BCUT2D eigenvalue weighted by atomic mass is 9.96. The highest BCUT2D eigenvalue weighted by atomic mass is 16.5. The van der Waals surface area contributed by atoms with E-state index in [0.717, 1.165) is 23.1 Å². The summed E-state index contributed by atoms with van der Waals surface area (Å²) in [6.07, 6.45) is 0.898. The SMILES string of the molecule is CCc1ccccc1-c1cc(C)ccc1OCC(=O)N(NC(=O)c1ccccc1)C(C)C. The lowest BCUT2D eigenvalue weighted by Gasteiger charge is -2.27. The van der Waals surface area contributed by atoms with Crippen molar-refractivity contribution in [1.82, 2.24) is 10.4 Å². The van der Waals surface area contributed by atoms with E-state index >= 15 is 0 Å². The highest BCUT2D eigenvalue weighted by molar-refractivity contribution is 5.95. The average Bonchev–Trinajstić information content (AvgIpc) is 2.81. The molecule has 0 aromatic heterocycles. The molecule has 0 atom stereocenters. The molecule has 3 aromatic carbocycles. The molecule has 0 saturated heterocycles. The van der Waals surface area contributed by atoms with E-state index in [9.17, 15) is 9.59 Å². The summed E-state index contributed by atoms with van der Waals surface area (Å²) in [5.41, 5.74) is 7.58. The molecule has 0 bridgehead atoms. The molecule has 2 amide bonds. The Hall–Kier alpha value is -3.60. The summed E-state index contributed by atoms with van der Waals surface area (Å²) in [7, 11) is 0. The van der Waals surface area contributed by atoms with Crippen LogP contribution in [-0.2, 0) is 11.2 Å². The molecule has 5 heteroatoms. The van der Waals surface area contributed by atoms with Gasteiger partial charge in [-0.25, -0.2) is 5.01 Å². The Bertz CT molecular complexity index is 1080. The molecule has 0 heterocycles. The zero-order chi connectivity index (χ0) is 23.1. The molecule has 0 aliphatic carbocycles. The molecule has 0 saturated carbocycles. The number of hydrogen-bond donors (Lipinski definition) is 1. The van der Waals surface area contributed by atoms with Gasteiger partial charge in [-0.15, -0.1) is 0 Å². The van der Waals surface area contributed by atoms with E-state index in [1.807, 2.05) is 51.1 Å². The number of carbonyl (C=O) groups is 2. The van der Waals surface area contributed by atoms with Crippen LogP contribution in [0.5, 0.6) is 5.75 Å². The van der Waals surface area contributed by atoms with Gasteiger partial charge >= 0.3 is 0 Å². The van der Waals surface area contributed by atoms with E-state index in [1.54, 1.807) is 24.3 Å². The number of hydrogen-bond acceptors (Lipinski definition) is 3. The van der Waals surface area contributed by atoms with Crippen molar-refractivity contribution in [1.29, 1.82) is 0 Å². The van der Waals surface area contributed by atoms with E-state index in [1.165, 1.54) is 10.6 Å². The predicted molar refractivity (Wildman–Crippen MR) is 127 cm³/mol. The number of ether oxygens (including phenoxy) is 1. The first-order chi connectivity index (χ1) is 15.4. The van der Waals surface area contributed by atoms with Crippen LogP contribution in [0.1, 0.15) is 42.3 Å². The Labute approximate surface area is 190 Å². The van der Waals surface area contributed by atoms with Crippen molar-refractivity contribution in [2.45, 2.75) is 40.2 Å². The third kappa shape index (κ3) is 5.55. The summed E-state index contributed by atoms with van der Waals surface area (Å²) in [5.74, 6) is -0.0110. The van der Waals surface area contributed by atoms with E-state index in [4.69, 9.17) is 4.74 Å². The van der Waals surface area contributed by atoms with Crippen molar-refractivity contribution in [2.24, 2.45) is 0 Å². The summed E-state index contributed by atoms with van der Waals surface area (Å²) >= 11 is 0. The van der Waals surface area contributed by atoms with E-state index in [2.05, 4.69) is 30.5 Å². The van der Waals surface area contributed by atoms with Gasteiger partial charge in [0.2, 0.25) is 0 Å². The number of aryl methyl sites for hydroxylation is 2. The normalized spacial score (nSPS) is 10.7. The molecule has 0 spiro atoms. The fourth-order valence-corrected chi connectivity index (χ4v) is 3.52. The fourth-order valence-electron chi connectivity index (χ4n) is 3.52. The van der Waals surface area contributed by atoms with Crippen LogP contribution < -0.4 is 10.2 Å². The Morgan fingerprint density at radius 3 is 2.31 bits per heavy atom. The Morgan fingerprint density at radius 2 is 1.62 bits per heavy atom. The third-order valence-electron chi connectivity index (χ3n) is 5.22. The van der Waals surface area contributed by atoms with Crippen LogP contribution in [0.3, 0.4) is 0 Å². The number of nitrogens with one attached hydrogen (secondary N) is 1. The first-order valence-corrected chi connectivity index (χ1v) is 10.9. The second-order valence-corrected chi connectivity index (χ2v) is 7.96. The van der Waals surface area contributed by atoms with Crippen LogP contribution in [0.4, 0.5) is 0 Å². The van der Waals surface area contributed by atoms with Crippen molar-refractivity contribution in [3.8, 4) is 16.9 Å². The topological polar surface area (TPSA) is 58.6 Å². The molecular formula is C27H30N2O3. The van der Waals surface area contributed by atoms with Crippen LogP contribution in [0.25, 0.3) is 11.1 Å². The van der Waals surface area contributed by atoms with Crippen molar-refractivity contribution < 1.29 is 14.3 Å². The molecule has 0 fully saturated rings. The Kier molecular flexibility index (Phi) is 7.66. The minimum atomic E-state index is -0.333. The van der Waals surface area contributed by atoms with E-state index in [0.29, 0.717) is 11.3 Å². The zero-order valence-electron chi connectivity index (χ0n) is 19.1. The second kappa shape index (κ2) is 10.6. The quantitative estimate of drug-likeness (QED) is 0.525. The fraction of sp³-hybridized carbons (Fsp3) is 0.259. The first-order valence-electron chi connectivity index (χ1n) is 10.9. The number of benzene rings is 3. The summed E-state index contributed by atoms with van der Waals surface area (Å²) < 4.78 is 5.98. The molecule has 0 aliphatic rings. The van der Waals surface area contributed by atoms with E-state index < -0.39 is 0 Å². The van der Waals surface area contributed by atoms with E-state index in [-0.39, 0.29) is 24.5 Å². The third-order valence-corrected chi connectivity index (χ3v) is 5.22. The van der Waals surface area contributed by atoms with Gasteiger partial charge < -0.3 is 4.74 Å². The lowest BCUT2D eigenvalue weighted by Crippen LogP contribution is -2.51. The van der Waals surface area contributed by atoms with Crippen LogP contribution in [0, 0.1) is 6.92 Å². The molecule has 1 N–H and O–H groups in total. The van der Waals surface area contributed by atoms with Crippen molar-refractivity contribution in [3.05, 3.63) is 89.5 Å². The summed E-state index contributed by atoms with van der Waals surface area (Å²) in [6.45, 7) is 7.66. The van der Waals surface area contributed by atoms with Gasteiger partial charge in [-0.2, -0.15) is 0 Å². The minimum Gasteiger partial charge on any atom is -0.483 e. The van der Waals surface area contributed by atoms with Gasteiger partial charge in [-0.1, -0.05) is 61.0 Å². The highest BCUT2D eigenvalue weighted by Crippen LogP contribution is 2.33. The zero-order valence-corrected chi connectivity index (χ0v) is 19.1. The maximum absolute atomic E-state index is 12.9. The number of nitrogens with zero attached hydrogens (tertiary/aromatic N) is 1. The van der Waals surface area contributed by atoms with Gasteiger partial charge in [0, 0.05) is 17.2 Å². The molecule has 166 valence electrons. The summed E-state index contributed by atoms with van der Waals surface area (Å²) in [5, 5.41) is 1.32. The molecule has 3 aromatic rings. The van der Waals surface area contributed by atoms with Crippen LogP contribution >= 0.6 is 0 Å². The summed E-state index contributed by atoms with van der Waals surface area (Å²) in [4.78, 5) is 25.5. The van der Waals surface area contributed by atoms with Gasteiger partial charge in [0.15, 0.2) is 6.61 Å². The first kappa shape index (κ1) is 23.1. The number of carbonyl (C=O) groups excluding carboxylic acids is 2. The molecule has 5 nitrogen and oxygen atoms in total. The second-order valence-electron chi connectivity index (χ2n) is 7.96. The number of rotatable bonds is 7. The lowest BCUT2D eigenvalue weighted by molar-refractivity contribution is -0.137. The van der Waals surface area contributed by atoms with Crippen LogP contribution in [0.15, 0.2) is 72.8 Å². The molecule has 32 heavy (non-hydrogen) atoms. The maximum Gasteiger partial charge on any atom is 0.279 e. The Morgan fingerprint density at radius 1 is 0.938 bits per heavy atom. The van der Waals surface area contributed by atoms with Crippen LogP contribution in [0.2, 0.25) is 0 Å².